The Labute approximate surface area is 113 Å². The molecule has 0 bridgehead atoms. The third-order valence-corrected chi connectivity index (χ3v) is 2.90. The van der Waals surface area contributed by atoms with E-state index in [0.29, 0.717) is 17.0 Å². The summed E-state index contributed by atoms with van der Waals surface area (Å²) in [6.45, 7) is 5.67. The highest BCUT2D eigenvalue weighted by Crippen LogP contribution is 2.34. The van der Waals surface area contributed by atoms with Gasteiger partial charge in [-0.15, -0.1) is 0 Å². The molecule has 0 aliphatic heterocycles. The molecule has 0 heterocycles. The van der Waals surface area contributed by atoms with Crippen molar-refractivity contribution in [1.29, 1.82) is 0 Å². The van der Waals surface area contributed by atoms with Crippen LogP contribution in [0.2, 0.25) is 0 Å². The van der Waals surface area contributed by atoms with Gasteiger partial charge in [0.2, 0.25) is 0 Å². The number of aryl methyl sites for hydroxylation is 1. The zero-order valence-electron chi connectivity index (χ0n) is 11.4. The van der Waals surface area contributed by atoms with Crippen LogP contribution in [0.4, 0.5) is 10.1 Å². The van der Waals surface area contributed by atoms with Gasteiger partial charge in [0, 0.05) is 16.8 Å². The van der Waals surface area contributed by atoms with Crippen molar-refractivity contribution < 1.29 is 9.13 Å². The largest absolute Gasteiger partial charge is 0.490 e. The Bertz CT molecular complexity index is 593. The summed E-state index contributed by atoms with van der Waals surface area (Å²) in [5.41, 5.74) is 8.38. The lowest BCUT2D eigenvalue weighted by molar-refractivity contribution is 0.243. The van der Waals surface area contributed by atoms with Crippen LogP contribution in [0.3, 0.4) is 0 Å². The highest BCUT2D eigenvalue weighted by atomic mass is 19.1. The van der Waals surface area contributed by atoms with Gasteiger partial charge in [0.25, 0.3) is 0 Å². The lowest BCUT2D eigenvalue weighted by Crippen LogP contribution is -2.06. The Balaban J connectivity index is 2.56. The van der Waals surface area contributed by atoms with Crippen molar-refractivity contribution in [2.45, 2.75) is 26.9 Å². The molecule has 2 nitrogen and oxygen atoms in total. The zero-order chi connectivity index (χ0) is 14.0. The Morgan fingerprint density at radius 1 is 1.11 bits per heavy atom. The Hall–Kier alpha value is -2.03. The van der Waals surface area contributed by atoms with Crippen molar-refractivity contribution in [3.8, 4) is 16.9 Å². The number of rotatable bonds is 3. The molecule has 0 saturated heterocycles. The van der Waals surface area contributed by atoms with Crippen molar-refractivity contribution in [3.63, 3.8) is 0 Å². The molecule has 0 aromatic heterocycles. The van der Waals surface area contributed by atoms with Crippen LogP contribution in [0.1, 0.15) is 19.4 Å². The average molecular weight is 259 g/mol. The molecule has 2 N–H and O–H groups in total. The third-order valence-electron chi connectivity index (χ3n) is 2.90. The van der Waals surface area contributed by atoms with Gasteiger partial charge in [0.1, 0.15) is 11.6 Å². The van der Waals surface area contributed by atoms with Crippen LogP contribution in [0.25, 0.3) is 11.1 Å². The molecule has 0 atom stereocenters. The van der Waals surface area contributed by atoms with Crippen LogP contribution < -0.4 is 10.5 Å². The summed E-state index contributed by atoms with van der Waals surface area (Å²) in [5, 5.41) is 0. The number of hydrogen-bond donors (Lipinski definition) is 1. The van der Waals surface area contributed by atoms with Gasteiger partial charge in [-0.3, -0.25) is 0 Å². The first-order valence-electron chi connectivity index (χ1n) is 6.30. The molecule has 19 heavy (non-hydrogen) atoms. The monoisotopic (exact) mass is 259 g/mol. The van der Waals surface area contributed by atoms with Gasteiger partial charge in [-0.2, -0.15) is 0 Å². The van der Waals surface area contributed by atoms with Gasteiger partial charge in [-0.25, -0.2) is 4.39 Å². The number of halogens is 1. The number of ether oxygens (including phenoxy) is 1. The second-order valence-electron chi connectivity index (χ2n) is 4.85. The molecule has 0 spiro atoms. The fourth-order valence-corrected chi connectivity index (χ4v) is 1.94. The molecule has 0 unspecified atom stereocenters. The highest BCUT2D eigenvalue weighted by Gasteiger charge is 2.13. The second-order valence-corrected chi connectivity index (χ2v) is 4.85. The standard InChI is InChI=1S/C16H18FNO/c1-10(2)19-16-7-5-4-6-12(16)13-9-15(18)11(3)8-14(13)17/h4-10H,18H2,1-3H3. The Kier molecular flexibility index (Phi) is 3.74. The summed E-state index contributed by atoms with van der Waals surface area (Å²) in [6, 6.07) is 10.5. The van der Waals surface area contributed by atoms with E-state index in [1.165, 1.54) is 6.07 Å². The first kappa shape index (κ1) is 13.4. The van der Waals surface area contributed by atoms with E-state index in [1.54, 1.807) is 13.0 Å². The minimum atomic E-state index is -0.286. The molecule has 0 aliphatic carbocycles. The van der Waals surface area contributed by atoms with E-state index in [1.807, 2.05) is 38.1 Å². The van der Waals surface area contributed by atoms with Gasteiger partial charge in [0.05, 0.1) is 6.10 Å². The molecule has 2 aromatic carbocycles. The topological polar surface area (TPSA) is 35.2 Å². The van der Waals surface area contributed by atoms with Crippen molar-refractivity contribution in [1.82, 2.24) is 0 Å². The number of anilines is 1. The number of para-hydroxylation sites is 1. The third kappa shape index (κ3) is 2.87. The number of nitrogens with two attached hydrogens (primary N) is 1. The number of hydrogen-bond acceptors (Lipinski definition) is 2. The zero-order valence-corrected chi connectivity index (χ0v) is 11.4. The smallest absolute Gasteiger partial charge is 0.131 e. The van der Waals surface area contributed by atoms with Crippen molar-refractivity contribution in [2.75, 3.05) is 5.73 Å². The fraction of sp³-hybridized carbons (Fsp3) is 0.250. The van der Waals surface area contributed by atoms with Gasteiger partial charge < -0.3 is 10.5 Å². The Morgan fingerprint density at radius 2 is 1.79 bits per heavy atom. The maximum absolute atomic E-state index is 14.1. The number of nitrogen functional groups attached to an aromatic ring is 1. The summed E-state index contributed by atoms with van der Waals surface area (Å²) in [6.07, 6.45) is 0.0343. The predicted molar refractivity (Wildman–Crippen MR) is 76.7 cm³/mol. The van der Waals surface area contributed by atoms with E-state index in [0.717, 1.165) is 11.1 Å². The van der Waals surface area contributed by atoms with Crippen molar-refractivity contribution in [2.24, 2.45) is 0 Å². The minimum Gasteiger partial charge on any atom is -0.490 e. The molecule has 0 aliphatic rings. The summed E-state index contributed by atoms with van der Waals surface area (Å²) in [7, 11) is 0. The first-order valence-corrected chi connectivity index (χ1v) is 6.30. The summed E-state index contributed by atoms with van der Waals surface area (Å²) in [5.74, 6) is 0.381. The van der Waals surface area contributed by atoms with Crippen molar-refractivity contribution >= 4 is 5.69 Å². The normalized spacial score (nSPS) is 10.8. The molecule has 2 rings (SSSR count). The van der Waals surface area contributed by atoms with Crippen LogP contribution in [0, 0.1) is 12.7 Å². The van der Waals surface area contributed by atoms with E-state index in [-0.39, 0.29) is 11.9 Å². The Morgan fingerprint density at radius 3 is 2.47 bits per heavy atom. The summed E-state index contributed by atoms with van der Waals surface area (Å²) in [4.78, 5) is 0. The molecular formula is C16H18FNO. The highest BCUT2D eigenvalue weighted by molar-refractivity contribution is 5.74. The van der Waals surface area contributed by atoms with Crippen LogP contribution in [-0.4, -0.2) is 6.10 Å². The fourth-order valence-electron chi connectivity index (χ4n) is 1.94. The predicted octanol–water partition coefficient (Wildman–Crippen LogP) is 4.17. The summed E-state index contributed by atoms with van der Waals surface area (Å²) >= 11 is 0. The lowest BCUT2D eigenvalue weighted by Gasteiger charge is -2.15. The van der Waals surface area contributed by atoms with Crippen LogP contribution in [0.15, 0.2) is 36.4 Å². The summed E-state index contributed by atoms with van der Waals surface area (Å²) < 4.78 is 19.8. The van der Waals surface area contributed by atoms with Crippen molar-refractivity contribution in [3.05, 3.63) is 47.8 Å². The molecule has 0 fully saturated rings. The second kappa shape index (κ2) is 5.31. The van der Waals surface area contributed by atoms with Crippen LogP contribution >= 0.6 is 0 Å². The van der Waals surface area contributed by atoms with Gasteiger partial charge in [0.15, 0.2) is 0 Å². The molecular weight excluding hydrogens is 241 g/mol. The van der Waals surface area contributed by atoms with Gasteiger partial charge in [-0.1, -0.05) is 18.2 Å². The molecule has 0 saturated carbocycles. The van der Waals surface area contributed by atoms with E-state index in [4.69, 9.17) is 10.5 Å². The SMILES string of the molecule is Cc1cc(F)c(-c2ccccc2OC(C)C)cc1N. The minimum absolute atomic E-state index is 0.0343. The lowest BCUT2D eigenvalue weighted by atomic mass is 10.0. The number of benzene rings is 2. The average Bonchev–Trinajstić information content (AvgIpc) is 2.34. The van der Waals surface area contributed by atoms with Gasteiger partial charge in [-0.05, 0) is 44.5 Å². The van der Waals surface area contributed by atoms with Crippen LogP contribution in [-0.2, 0) is 0 Å². The van der Waals surface area contributed by atoms with E-state index >= 15 is 0 Å². The first-order chi connectivity index (χ1) is 8.99. The van der Waals surface area contributed by atoms with E-state index in [2.05, 4.69) is 0 Å². The maximum atomic E-state index is 14.1. The van der Waals surface area contributed by atoms with E-state index < -0.39 is 0 Å². The quantitative estimate of drug-likeness (QED) is 0.839. The van der Waals surface area contributed by atoms with E-state index in [9.17, 15) is 4.39 Å². The van der Waals surface area contributed by atoms with Gasteiger partial charge >= 0.3 is 0 Å². The van der Waals surface area contributed by atoms with Crippen LogP contribution in [0.5, 0.6) is 5.75 Å². The molecule has 3 heteroatoms. The molecule has 0 radical (unpaired) electrons. The molecule has 0 amide bonds. The molecule has 2 aromatic rings. The maximum Gasteiger partial charge on any atom is 0.131 e. The molecule has 100 valence electrons.